The van der Waals surface area contributed by atoms with Crippen molar-refractivity contribution in [1.29, 1.82) is 0 Å². The van der Waals surface area contributed by atoms with E-state index in [1.54, 1.807) is 6.07 Å². The fraction of sp³-hybridized carbons (Fsp3) is 0.455. The summed E-state index contributed by atoms with van der Waals surface area (Å²) >= 11 is 0. The third-order valence-corrected chi connectivity index (χ3v) is 2.58. The number of hydrogen-bond donors (Lipinski definition) is 2. The van der Waals surface area contributed by atoms with Crippen molar-refractivity contribution in [2.75, 3.05) is 18.4 Å². The molecule has 19 heavy (non-hydrogen) atoms. The van der Waals surface area contributed by atoms with Crippen LogP contribution in [0, 0.1) is 10.1 Å². The van der Waals surface area contributed by atoms with E-state index in [4.69, 9.17) is 0 Å². The van der Waals surface area contributed by atoms with Gasteiger partial charge >= 0.3 is 5.69 Å². The van der Waals surface area contributed by atoms with Crippen LogP contribution in [0.5, 0.6) is 0 Å². The van der Waals surface area contributed by atoms with Gasteiger partial charge in [-0.05, 0) is 16.4 Å². The summed E-state index contributed by atoms with van der Waals surface area (Å²) in [5.41, 5.74) is 1.10. The van der Waals surface area contributed by atoms with Gasteiger partial charge in [-0.3, -0.25) is 10.1 Å². The van der Waals surface area contributed by atoms with Crippen LogP contribution in [0.25, 0.3) is 11.0 Å². The van der Waals surface area contributed by atoms with Crippen molar-refractivity contribution in [3.8, 4) is 0 Å². The fourth-order valence-electron chi connectivity index (χ4n) is 1.70. The first kappa shape index (κ1) is 13.2. The number of nitro benzene ring substituents is 1. The molecule has 8 nitrogen and oxygen atoms in total. The fourth-order valence-corrected chi connectivity index (χ4v) is 1.70. The van der Waals surface area contributed by atoms with Gasteiger partial charge in [0, 0.05) is 25.2 Å². The van der Waals surface area contributed by atoms with Crippen molar-refractivity contribution in [2.24, 2.45) is 0 Å². The lowest BCUT2D eigenvalue weighted by atomic mass is 10.2. The van der Waals surface area contributed by atoms with Gasteiger partial charge < -0.3 is 10.6 Å². The van der Waals surface area contributed by atoms with Crippen LogP contribution in [0.15, 0.2) is 16.8 Å². The Labute approximate surface area is 109 Å². The van der Waals surface area contributed by atoms with Gasteiger partial charge in [-0.1, -0.05) is 13.8 Å². The molecule has 102 valence electrons. The number of non-ortho nitro benzene ring substituents is 1. The molecule has 1 heterocycles. The second-order valence-electron chi connectivity index (χ2n) is 4.39. The molecule has 0 amide bonds. The molecule has 0 fully saturated rings. The van der Waals surface area contributed by atoms with E-state index in [9.17, 15) is 10.1 Å². The van der Waals surface area contributed by atoms with Crippen LogP contribution in [0.1, 0.15) is 13.8 Å². The molecule has 0 unspecified atom stereocenters. The minimum atomic E-state index is -0.503. The second-order valence-corrected chi connectivity index (χ2v) is 4.39. The Bertz CT molecular complexity index is 581. The second kappa shape index (κ2) is 5.61. The van der Waals surface area contributed by atoms with E-state index in [-0.39, 0.29) is 11.2 Å². The van der Waals surface area contributed by atoms with E-state index in [1.165, 1.54) is 6.07 Å². The van der Waals surface area contributed by atoms with E-state index < -0.39 is 4.92 Å². The largest absolute Gasteiger partial charge is 0.382 e. The molecule has 0 spiro atoms. The van der Waals surface area contributed by atoms with E-state index >= 15 is 0 Å². The predicted molar refractivity (Wildman–Crippen MR) is 70.1 cm³/mol. The number of anilines is 1. The van der Waals surface area contributed by atoms with Gasteiger partial charge in [-0.25, -0.2) is 4.63 Å². The normalized spacial score (nSPS) is 11.1. The van der Waals surface area contributed by atoms with Crippen molar-refractivity contribution >= 4 is 22.4 Å². The molecule has 0 saturated carbocycles. The Hall–Kier alpha value is -2.22. The van der Waals surface area contributed by atoms with Crippen molar-refractivity contribution < 1.29 is 9.55 Å². The van der Waals surface area contributed by atoms with Crippen LogP contribution < -0.4 is 10.6 Å². The maximum Gasteiger partial charge on any atom is 0.300 e. The smallest absolute Gasteiger partial charge is 0.300 e. The summed E-state index contributed by atoms with van der Waals surface area (Å²) in [4.78, 5) is 10.3. The van der Waals surface area contributed by atoms with Crippen molar-refractivity contribution in [1.82, 2.24) is 15.6 Å². The van der Waals surface area contributed by atoms with Gasteiger partial charge in [0.15, 0.2) is 5.52 Å². The first-order valence-electron chi connectivity index (χ1n) is 5.96. The molecule has 8 heteroatoms. The minimum absolute atomic E-state index is 0.109. The monoisotopic (exact) mass is 265 g/mol. The quantitative estimate of drug-likeness (QED) is 0.463. The van der Waals surface area contributed by atoms with Crippen LogP contribution in [0.4, 0.5) is 11.4 Å². The van der Waals surface area contributed by atoms with Crippen LogP contribution in [-0.2, 0) is 0 Å². The zero-order chi connectivity index (χ0) is 13.8. The van der Waals surface area contributed by atoms with Crippen LogP contribution in [-0.4, -0.2) is 34.4 Å². The number of fused-ring (bicyclic) bond motifs is 1. The molecule has 1 aromatic carbocycles. The average molecular weight is 265 g/mol. The number of nitrogens with zero attached hydrogens (tertiary/aromatic N) is 3. The molecule has 0 saturated heterocycles. The number of nitrogens with one attached hydrogen (secondary N) is 2. The minimum Gasteiger partial charge on any atom is -0.382 e. The lowest BCUT2D eigenvalue weighted by Gasteiger charge is -2.09. The highest BCUT2D eigenvalue weighted by Crippen LogP contribution is 2.28. The zero-order valence-corrected chi connectivity index (χ0v) is 10.7. The molecule has 0 aliphatic heterocycles. The van der Waals surface area contributed by atoms with Gasteiger partial charge in [0.05, 0.1) is 10.6 Å². The summed E-state index contributed by atoms with van der Waals surface area (Å²) in [7, 11) is 0. The first-order valence-corrected chi connectivity index (χ1v) is 5.96. The van der Waals surface area contributed by atoms with E-state index in [0.717, 1.165) is 6.54 Å². The van der Waals surface area contributed by atoms with Crippen LogP contribution in [0.3, 0.4) is 0 Å². The lowest BCUT2D eigenvalue weighted by Crippen LogP contribution is -2.28. The number of aromatic nitrogens is 2. The Morgan fingerprint density at radius 2 is 2.05 bits per heavy atom. The predicted octanol–water partition coefficient (Wildman–Crippen LogP) is 1.54. The molecule has 0 atom stereocenters. The van der Waals surface area contributed by atoms with E-state index in [2.05, 4.69) is 39.4 Å². The van der Waals surface area contributed by atoms with Gasteiger partial charge in [0.2, 0.25) is 5.52 Å². The molecular formula is C11H15N5O3. The van der Waals surface area contributed by atoms with Gasteiger partial charge in [-0.15, -0.1) is 0 Å². The van der Waals surface area contributed by atoms with Crippen molar-refractivity contribution in [3.05, 3.63) is 22.2 Å². The highest BCUT2D eigenvalue weighted by atomic mass is 16.6. The highest BCUT2D eigenvalue weighted by Gasteiger charge is 2.19. The number of rotatable bonds is 6. The number of hydrogen-bond acceptors (Lipinski definition) is 7. The average Bonchev–Trinajstić information content (AvgIpc) is 2.83. The topological polar surface area (TPSA) is 106 Å². The molecule has 2 rings (SSSR count). The maximum atomic E-state index is 10.8. The van der Waals surface area contributed by atoms with Gasteiger partial charge in [0.1, 0.15) is 0 Å². The lowest BCUT2D eigenvalue weighted by molar-refractivity contribution is -0.383. The molecule has 2 N–H and O–H groups in total. The summed E-state index contributed by atoms with van der Waals surface area (Å²) in [6.45, 7) is 5.58. The summed E-state index contributed by atoms with van der Waals surface area (Å²) in [5.74, 6) is 0. The molecule has 0 aliphatic carbocycles. The van der Waals surface area contributed by atoms with Crippen molar-refractivity contribution in [2.45, 2.75) is 19.9 Å². The third-order valence-electron chi connectivity index (χ3n) is 2.58. The maximum absolute atomic E-state index is 10.8. The molecular weight excluding hydrogens is 250 g/mol. The Kier molecular flexibility index (Phi) is 3.91. The Morgan fingerprint density at radius 1 is 1.32 bits per heavy atom. The standard InChI is InChI=1S/C11H15N5O3/c1-7(2)12-5-6-13-8-3-4-9(16(17)18)11-10(8)14-19-15-11/h3-4,7,12-13H,5-6H2,1-2H3. The Morgan fingerprint density at radius 3 is 2.74 bits per heavy atom. The molecule has 0 aliphatic rings. The van der Waals surface area contributed by atoms with Crippen LogP contribution in [0.2, 0.25) is 0 Å². The first-order chi connectivity index (χ1) is 9.09. The van der Waals surface area contributed by atoms with Crippen LogP contribution >= 0.6 is 0 Å². The highest BCUT2D eigenvalue weighted by molar-refractivity contribution is 5.93. The molecule has 0 radical (unpaired) electrons. The summed E-state index contributed by atoms with van der Waals surface area (Å²) in [6, 6.07) is 3.41. The van der Waals surface area contributed by atoms with Gasteiger partial charge in [0.25, 0.3) is 0 Å². The molecule has 1 aromatic heterocycles. The molecule has 2 aromatic rings. The summed E-state index contributed by atoms with van der Waals surface area (Å²) < 4.78 is 4.58. The zero-order valence-electron chi connectivity index (χ0n) is 10.7. The van der Waals surface area contributed by atoms with E-state index in [1.807, 2.05) is 0 Å². The van der Waals surface area contributed by atoms with Crippen molar-refractivity contribution in [3.63, 3.8) is 0 Å². The number of nitro groups is 1. The van der Waals surface area contributed by atoms with Gasteiger partial charge in [-0.2, -0.15) is 0 Å². The molecule has 0 bridgehead atoms. The third kappa shape index (κ3) is 2.97. The summed E-state index contributed by atoms with van der Waals surface area (Å²) in [5, 5.41) is 24.5. The number of benzene rings is 1. The Balaban J connectivity index is 2.14. The van der Waals surface area contributed by atoms with E-state index in [0.29, 0.717) is 23.8 Å². The summed E-state index contributed by atoms with van der Waals surface area (Å²) in [6.07, 6.45) is 0. The SMILES string of the molecule is CC(C)NCCNc1ccc([N+](=O)[O-])c2nonc12.